The average molecular weight is 484 g/mol. The topological polar surface area (TPSA) is 72.3 Å². The van der Waals surface area contributed by atoms with Crippen molar-refractivity contribution >= 4 is 33.0 Å². The summed E-state index contributed by atoms with van der Waals surface area (Å²) >= 11 is 1.00. The van der Waals surface area contributed by atoms with Crippen LogP contribution in [0.2, 0.25) is 0 Å². The minimum Gasteiger partial charge on any atom is -0.269 e. The van der Waals surface area contributed by atoms with Gasteiger partial charge in [-0.3, -0.25) is 9.10 Å². The monoisotopic (exact) mass is 483 g/mol. The Hall–Kier alpha value is -3.30. The zero-order chi connectivity index (χ0) is 23.9. The third-order valence-electron chi connectivity index (χ3n) is 5.26. The highest BCUT2D eigenvalue weighted by atomic mass is 32.2. The van der Waals surface area contributed by atoms with Crippen molar-refractivity contribution in [2.45, 2.75) is 25.7 Å². The van der Waals surface area contributed by atoms with Gasteiger partial charge in [0.15, 0.2) is 0 Å². The number of hydrogen-bond donors (Lipinski definition) is 0. The standard InChI is InChI=1S/C24H22FN3O3S2/c1-15-7-5-10-20(11-15)27(4)33(30,31)23-21(18-8-6-9-19(25)13-18)14-32-22(23)24(29)28-17(3)12-16(2)26-28/h5-14H,1-4H3. The molecule has 0 unspecified atom stereocenters. The highest BCUT2D eigenvalue weighted by Gasteiger charge is 2.34. The molecule has 0 bridgehead atoms. The van der Waals surface area contributed by atoms with Crippen LogP contribution in [-0.4, -0.2) is 31.2 Å². The van der Waals surface area contributed by atoms with E-state index >= 15 is 0 Å². The number of sulfonamides is 1. The first-order chi connectivity index (χ1) is 15.6. The summed E-state index contributed by atoms with van der Waals surface area (Å²) in [6.45, 7) is 5.35. The zero-order valence-corrected chi connectivity index (χ0v) is 20.2. The first kappa shape index (κ1) is 22.9. The normalized spacial score (nSPS) is 11.5. The number of rotatable bonds is 5. The Morgan fingerprint density at radius 3 is 2.42 bits per heavy atom. The summed E-state index contributed by atoms with van der Waals surface area (Å²) in [5.74, 6) is -1.05. The van der Waals surface area contributed by atoms with Crippen LogP contribution in [-0.2, 0) is 10.0 Å². The molecule has 0 spiro atoms. The van der Waals surface area contributed by atoms with Gasteiger partial charge in [-0.2, -0.15) is 5.10 Å². The van der Waals surface area contributed by atoms with Crippen molar-refractivity contribution in [3.8, 4) is 11.1 Å². The number of carbonyl (C=O) groups excluding carboxylic acids is 1. The van der Waals surface area contributed by atoms with Crippen LogP contribution in [0.15, 0.2) is 64.9 Å². The van der Waals surface area contributed by atoms with Gasteiger partial charge in [0.25, 0.3) is 15.9 Å². The Bertz CT molecular complexity index is 1470. The molecule has 2 heterocycles. The third-order valence-corrected chi connectivity index (χ3v) is 8.23. The molecule has 0 aliphatic heterocycles. The van der Waals surface area contributed by atoms with E-state index in [9.17, 15) is 17.6 Å². The molecule has 0 N–H and O–H groups in total. The third kappa shape index (κ3) is 4.21. The molecule has 4 rings (SSSR count). The molecule has 0 saturated carbocycles. The summed E-state index contributed by atoms with van der Waals surface area (Å²) in [5.41, 5.74) is 3.22. The maximum Gasteiger partial charge on any atom is 0.289 e. The molecule has 9 heteroatoms. The van der Waals surface area contributed by atoms with Crippen LogP contribution in [0.3, 0.4) is 0 Å². The van der Waals surface area contributed by atoms with E-state index in [4.69, 9.17) is 0 Å². The molecule has 170 valence electrons. The largest absolute Gasteiger partial charge is 0.289 e. The van der Waals surface area contributed by atoms with E-state index < -0.39 is 21.7 Å². The molecule has 4 aromatic rings. The van der Waals surface area contributed by atoms with Gasteiger partial charge in [0, 0.05) is 23.7 Å². The molecule has 0 amide bonds. The summed E-state index contributed by atoms with van der Waals surface area (Å²) in [7, 11) is -2.75. The lowest BCUT2D eigenvalue weighted by atomic mass is 10.1. The summed E-state index contributed by atoms with van der Waals surface area (Å²) < 4.78 is 44.1. The van der Waals surface area contributed by atoms with E-state index in [0.717, 1.165) is 21.2 Å². The lowest BCUT2D eigenvalue weighted by molar-refractivity contribution is 0.0943. The molecule has 0 aliphatic rings. The average Bonchev–Trinajstić information content (AvgIpc) is 3.36. The molecule has 0 radical (unpaired) electrons. The number of aryl methyl sites for hydroxylation is 3. The Kier molecular flexibility index (Phi) is 5.94. The summed E-state index contributed by atoms with van der Waals surface area (Å²) in [5, 5.41) is 5.80. The van der Waals surface area contributed by atoms with E-state index in [1.807, 2.05) is 13.0 Å². The molecule has 0 atom stereocenters. The number of halogens is 1. The minimum atomic E-state index is -4.19. The molecule has 0 saturated heterocycles. The molecule has 2 aromatic carbocycles. The Labute approximate surface area is 196 Å². The smallest absolute Gasteiger partial charge is 0.269 e. The van der Waals surface area contributed by atoms with Gasteiger partial charge in [-0.15, -0.1) is 11.3 Å². The first-order valence-electron chi connectivity index (χ1n) is 10.1. The van der Waals surface area contributed by atoms with E-state index in [2.05, 4.69) is 5.10 Å². The van der Waals surface area contributed by atoms with E-state index in [-0.39, 0.29) is 15.3 Å². The number of hydrogen-bond acceptors (Lipinski definition) is 5. The summed E-state index contributed by atoms with van der Waals surface area (Å²) in [4.78, 5) is 13.3. The van der Waals surface area contributed by atoms with Crippen molar-refractivity contribution in [3.63, 3.8) is 0 Å². The highest BCUT2D eigenvalue weighted by molar-refractivity contribution is 7.93. The van der Waals surface area contributed by atoms with Crippen molar-refractivity contribution in [1.29, 1.82) is 0 Å². The highest BCUT2D eigenvalue weighted by Crippen LogP contribution is 2.38. The second-order valence-electron chi connectivity index (χ2n) is 7.77. The van der Waals surface area contributed by atoms with Crippen LogP contribution in [0, 0.1) is 26.6 Å². The van der Waals surface area contributed by atoms with Gasteiger partial charge in [0.05, 0.1) is 11.4 Å². The molecule has 33 heavy (non-hydrogen) atoms. The van der Waals surface area contributed by atoms with E-state index in [1.165, 1.54) is 29.9 Å². The molecule has 6 nitrogen and oxygen atoms in total. The number of anilines is 1. The molecule has 0 aliphatic carbocycles. The number of aromatic nitrogens is 2. The SMILES string of the molecule is Cc1cccc(N(C)S(=O)(=O)c2c(-c3cccc(F)c3)csc2C(=O)n2nc(C)cc2C)c1. The molecule has 0 fully saturated rings. The number of nitrogens with zero attached hydrogens (tertiary/aromatic N) is 3. The van der Waals surface area contributed by atoms with Gasteiger partial charge in [-0.25, -0.2) is 17.5 Å². The molecular formula is C24H22FN3O3S2. The number of carbonyl (C=O) groups is 1. The number of benzene rings is 2. The summed E-state index contributed by atoms with van der Waals surface area (Å²) in [6.07, 6.45) is 0. The maximum atomic E-state index is 14.0. The van der Waals surface area contributed by atoms with Crippen molar-refractivity contribution in [2.24, 2.45) is 0 Å². The van der Waals surface area contributed by atoms with Crippen molar-refractivity contribution in [2.75, 3.05) is 11.4 Å². The Balaban J connectivity index is 1.95. The number of thiophene rings is 1. The van der Waals surface area contributed by atoms with Gasteiger partial charge < -0.3 is 0 Å². The van der Waals surface area contributed by atoms with Crippen molar-refractivity contribution < 1.29 is 17.6 Å². The van der Waals surface area contributed by atoms with Crippen molar-refractivity contribution in [3.05, 3.63) is 87.6 Å². The van der Waals surface area contributed by atoms with Crippen LogP contribution in [0.5, 0.6) is 0 Å². The second kappa shape index (κ2) is 8.57. The van der Waals surface area contributed by atoms with Gasteiger partial charge in [0.2, 0.25) is 0 Å². The Morgan fingerprint density at radius 1 is 1.06 bits per heavy atom. The predicted molar refractivity (Wildman–Crippen MR) is 128 cm³/mol. The maximum absolute atomic E-state index is 14.0. The van der Waals surface area contributed by atoms with Gasteiger partial charge in [-0.1, -0.05) is 24.3 Å². The lowest BCUT2D eigenvalue weighted by Gasteiger charge is -2.21. The predicted octanol–water partition coefficient (Wildman–Crippen LogP) is 5.19. The lowest BCUT2D eigenvalue weighted by Crippen LogP contribution is -2.29. The molecule has 2 aromatic heterocycles. The first-order valence-corrected chi connectivity index (χ1v) is 12.4. The van der Waals surface area contributed by atoms with Gasteiger partial charge >= 0.3 is 0 Å². The quantitative estimate of drug-likeness (QED) is 0.392. The fourth-order valence-electron chi connectivity index (χ4n) is 3.64. The van der Waals surface area contributed by atoms with Gasteiger partial charge in [0.1, 0.15) is 15.6 Å². The van der Waals surface area contributed by atoms with Crippen LogP contribution >= 0.6 is 11.3 Å². The van der Waals surface area contributed by atoms with Crippen LogP contribution < -0.4 is 4.31 Å². The fraction of sp³-hybridized carbons (Fsp3) is 0.167. The minimum absolute atomic E-state index is 0.0139. The van der Waals surface area contributed by atoms with Crippen LogP contribution in [0.4, 0.5) is 10.1 Å². The van der Waals surface area contributed by atoms with Crippen LogP contribution in [0.1, 0.15) is 26.6 Å². The Morgan fingerprint density at radius 2 is 1.79 bits per heavy atom. The van der Waals surface area contributed by atoms with E-state index in [0.29, 0.717) is 22.6 Å². The van der Waals surface area contributed by atoms with E-state index in [1.54, 1.807) is 49.6 Å². The van der Waals surface area contributed by atoms with Crippen LogP contribution in [0.25, 0.3) is 11.1 Å². The van der Waals surface area contributed by atoms with Crippen molar-refractivity contribution in [1.82, 2.24) is 9.78 Å². The second-order valence-corrected chi connectivity index (χ2v) is 10.6. The molecular weight excluding hydrogens is 461 g/mol. The summed E-state index contributed by atoms with van der Waals surface area (Å²) in [6, 6.07) is 14.5. The zero-order valence-electron chi connectivity index (χ0n) is 18.5. The fourth-order valence-corrected chi connectivity index (χ4v) is 6.51. The van der Waals surface area contributed by atoms with Gasteiger partial charge in [-0.05, 0) is 62.2 Å².